The molecule has 3 aromatic rings. The predicted molar refractivity (Wildman–Crippen MR) is 112 cm³/mol. The zero-order valence-corrected chi connectivity index (χ0v) is 17.5. The lowest BCUT2D eigenvalue weighted by molar-refractivity contribution is -0.770. The van der Waals surface area contributed by atoms with Crippen LogP contribution in [0.15, 0.2) is 30.3 Å². The van der Waals surface area contributed by atoms with Gasteiger partial charge in [0.1, 0.15) is 11.4 Å². The summed E-state index contributed by atoms with van der Waals surface area (Å²) in [5.74, 6) is 3.49. The number of hydrogen-bond acceptors (Lipinski definition) is 5. The Morgan fingerprint density at radius 1 is 0.724 bits per heavy atom. The van der Waals surface area contributed by atoms with Crippen LogP contribution in [0.1, 0.15) is 5.56 Å². The minimum atomic E-state index is 0.641. The quantitative estimate of drug-likeness (QED) is 0.673. The van der Waals surface area contributed by atoms with Crippen molar-refractivity contribution in [3.05, 3.63) is 42.4 Å². The van der Waals surface area contributed by atoms with E-state index in [0.717, 1.165) is 43.8 Å². The van der Waals surface area contributed by atoms with Gasteiger partial charge in [-0.25, -0.2) is 0 Å². The molecule has 1 heterocycles. The lowest BCUT2D eigenvalue weighted by Crippen LogP contribution is -3.01. The van der Waals surface area contributed by atoms with Gasteiger partial charge < -0.3 is 28.6 Å². The molecule has 4 rings (SSSR count). The second kappa shape index (κ2) is 7.29. The number of nitrogens with one attached hydrogen (secondary N) is 1. The largest absolute Gasteiger partial charge is 0.550 e. The maximum Gasteiger partial charge on any atom is 0.161 e. The van der Waals surface area contributed by atoms with Crippen molar-refractivity contribution < 1.29 is 28.6 Å². The molecule has 6 nitrogen and oxygen atoms in total. The van der Waals surface area contributed by atoms with Crippen LogP contribution in [0.25, 0.3) is 21.9 Å². The number of methoxy groups -OCH3 is 5. The molecule has 0 amide bonds. The van der Waals surface area contributed by atoms with E-state index in [2.05, 4.69) is 25.7 Å². The van der Waals surface area contributed by atoms with Crippen molar-refractivity contribution in [3.63, 3.8) is 0 Å². The Morgan fingerprint density at radius 3 is 2.00 bits per heavy atom. The second-order valence-corrected chi connectivity index (χ2v) is 6.85. The van der Waals surface area contributed by atoms with Crippen LogP contribution in [-0.4, -0.2) is 42.6 Å². The lowest BCUT2D eigenvalue weighted by atomic mass is 9.89. The Bertz CT molecular complexity index is 1090. The number of ether oxygens (including phenoxy) is 5. The minimum absolute atomic E-state index is 0.641. The van der Waals surface area contributed by atoms with Crippen LogP contribution >= 0.6 is 0 Å². The summed E-state index contributed by atoms with van der Waals surface area (Å²) >= 11 is 0. The van der Waals surface area contributed by atoms with Crippen LogP contribution < -0.4 is 28.6 Å². The molecule has 0 aromatic heterocycles. The van der Waals surface area contributed by atoms with E-state index >= 15 is 0 Å². The standard InChI is InChI=1S/C23H25NO5/c1-24-12-16-21(19(27-4)11-20(28-5)23(16)29-6)14-8-7-13-9-17(25-2)18(26-3)10-15(13)22(14)24/h7-12,24H,1-6H3. The lowest BCUT2D eigenvalue weighted by Gasteiger charge is -2.35. The monoisotopic (exact) mass is 395 g/mol. The number of benzene rings is 3. The molecule has 3 aromatic carbocycles. The van der Waals surface area contributed by atoms with Gasteiger partial charge >= 0.3 is 0 Å². The van der Waals surface area contributed by atoms with Crippen molar-refractivity contribution in [2.45, 2.75) is 0 Å². The average Bonchev–Trinajstić information content (AvgIpc) is 2.76. The van der Waals surface area contributed by atoms with Gasteiger partial charge in [-0.15, -0.1) is 0 Å². The molecule has 0 bridgehead atoms. The molecule has 6 heteroatoms. The fourth-order valence-electron chi connectivity index (χ4n) is 4.15. The predicted octanol–water partition coefficient (Wildman–Crippen LogP) is 3.22. The summed E-state index contributed by atoms with van der Waals surface area (Å²) in [5.41, 5.74) is 4.16. The number of fused-ring (bicyclic) bond motifs is 5. The number of hydrogen-bond donors (Lipinski definition) is 1. The number of rotatable bonds is 5. The summed E-state index contributed by atoms with van der Waals surface area (Å²) in [6.45, 7) is 2.12. The first-order valence-electron chi connectivity index (χ1n) is 9.28. The van der Waals surface area contributed by atoms with E-state index in [-0.39, 0.29) is 0 Å². The van der Waals surface area contributed by atoms with Gasteiger partial charge in [-0.05, 0) is 23.1 Å². The van der Waals surface area contributed by atoms with Crippen LogP contribution in [0.3, 0.4) is 0 Å². The summed E-state index contributed by atoms with van der Waals surface area (Å²) in [5, 5.41) is 2.17. The van der Waals surface area contributed by atoms with E-state index < -0.39 is 0 Å². The maximum absolute atomic E-state index is 5.73. The summed E-state index contributed by atoms with van der Waals surface area (Å²) in [7, 11) is 10.3. The van der Waals surface area contributed by atoms with Gasteiger partial charge in [-0.1, -0.05) is 23.3 Å². The van der Waals surface area contributed by atoms with Gasteiger partial charge in [0.25, 0.3) is 0 Å². The Balaban J connectivity index is 2.08. The third-order valence-corrected chi connectivity index (χ3v) is 5.44. The molecule has 1 aliphatic rings. The van der Waals surface area contributed by atoms with E-state index in [0.29, 0.717) is 23.0 Å². The summed E-state index contributed by atoms with van der Waals surface area (Å²) in [4.78, 5) is 1.12. The summed E-state index contributed by atoms with van der Waals surface area (Å²) in [6.07, 6.45) is 0. The highest BCUT2D eigenvalue weighted by Crippen LogP contribution is 2.50. The zero-order valence-electron chi connectivity index (χ0n) is 17.5. The second-order valence-electron chi connectivity index (χ2n) is 6.85. The summed E-state index contributed by atoms with van der Waals surface area (Å²) < 4.78 is 28.0. The maximum atomic E-state index is 5.73. The van der Waals surface area contributed by atoms with Crippen molar-refractivity contribution in [2.24, 2.45) is 0 Å². The first-order chi connectivity index (χ1) is 14.1. The van der Waals surface area contributed by atoms with Crippen molar-refractivity contribution in [3.8, 4) is 39.9 Å². The molecule has 1 unspecified atom stereocenters. The average molecular weight is 395 g/mol. The Morgan fingerprint density at radius 2 is 1.38 bits per heavy atom. The minimum Gasteiger partial charge on any atom is -0.550 e. The molecule has 0 spiro atoms. The van der Waals surface area contributed by atoms with E-state index in [1.54, 1.807) is 35.5 Å². The van der Waals surface area contributed by atoms with Gasteiger partial charge in [0.15, 0.2) is 11.5 Å². The first-order valence-corrected chi connectivity index (χ1v) is 9.28. The smallest absolute Gasteiger partial charge is 0.161 e. The van der Waals surface area contributed by atoms with Gasteiger partial charge in [-0.2, -0.15) is 0 Å². The molecule has 1 atom stereocenters. The Labute approximate surface area is 170 Å². The van der Waals surface area contributed by atoms with E-state index in [4.69, 9.17) is 23.7 Å². The fraction of sp³-hybridized carbons (Fsp3) is 0.261. The third kappa shape index (κ3) is 2.79. The van der Waals surface area contributed by atoms with Crippen LogP contribution in [0.5, 0.6) is 28.7 Å². The first kappa shape index (κ1) is 19.1. The fourth-order valence-corrected chi connectivity index (χ4v) is 4.15. The van der Waals surface area contributed by atoms with E-state index in [9.17, 15) is 0 Å². The van der Waals surface area contributed by atoms with Crippen molar-refractivity contribution in [2.75, 3.05) is 42.6 Å². The van der Waals surface area contributed by atoms with Crippen LogP contribution in [-0.2, 0) is 0 Å². The van der Waals surface area contributed by atoms with Crippen LogP contribution in [0.2, 0.25) is 0 Å². The highest BCUT2D eigenvalue weighted by molar-refractivity contribution is 6.02. The molecule has 0 radical (unpaired) electrons. The van der Waals surface area contributed by atoms with Gasteiger partial charge in [0.2, 0.25) is 0 Å². The molecule has 1 N–H and O–H groups in total. The van der Waals surface area contributed by atoms with Gasteiger partial charge in [-0.3, -0.25) is 0 Å². The number of quaternary nitrogens is 1. The molecule has 152 valence electrons. The third-order valence-electron chi connectivity index (χ3n) is 5.44. The Kier molecular flexibility index (Phi) is 4.80. The highest BCUT2D eigenvalue weighted by Gasteiger charge is 2.27. The Hall–Kier alpha value is -3.25. The molecule has 0 saturated heterocycles. The van der Waals surface area contributed by atoms with Gasteiger partial charge in [0, 0.05) is 18.0 Å². The zero-order chi connectivity index (χ0) is 20.7. The molecule has 0 fully saturated rings. The molecule has 29 heavy (non-hydrogen) atoms. The highest BCUT2D eigenvalue weighted by atomic mass is 16.5. The van der Waals surface area contributed by atoms with Crippen molar-refractivity contribution in [1.29, 1.82) is 0 Å². The molecule has 1 aliphatic heterocycles. The molecule has 0 aliphatic carbocycles. The van der Waals surface area contributed by atoms with Crippen molar-refractivity contribution in [1.82, 2.24) is 0 Å². The molecular weight excluding hydrogens is 370 g/mol. The summed E-state index contributed by atoms with van der Waals surface area (Å²) in [6, 6.07) is 10.1. The molecular formula is C23H25NO5. The normalized spacial score (nSPS) is 14.5. The van der Waals surface area contributed by atoms with Crippen LogP contribution in [0, 0.1) is 6.54 Å². The molecule has 0 saturated carbocycles. The topological polar surface area (TPSA) is 50.6 Å². The van der Waals surface area contributed by atoms with Crippen LogP contribution in [0.4, 0.5) is 5.69 Å². The van der Waals surface area contributed by atoms with Crippen molar-refractivity contribution >= 4 is 16.5 Å². The van der Waals surface area contributed by atoms with E-state index in [1.165, 1.54) is 0 Å². The SMILES string of the molecule is COc1cc2ccc3c(c2cc1OC)[NH+](C)[CH-]c1c(OC)c(OC)cc(OC)c1-3. The van der Waals surface area contributed by atoms with Gasteiger partial charge in [0.05, 0.1) is 54.1 Å². The van der Waals surface area contributed by atoms with E-state index in [1.807, 2.05) is 18.2 Å².